The van der Waals surface area contributed by atoms with Gasteiger partial charge >= 0.3 is 6.09 Å². The number of nitrogens with zero attached hydrogens (tertiary/aromatic N) is 2. The summed E-state index contributed by atoms with van der Waals surface area (Å²) in [6.07, 6.45) is -0.930. The predicted molar refractivity (Wildman–Crippen MR) is 72.5 cm³/mol. The lowest BCUT2D eigenvalue weighted by molar-refractivity contribution is -0.110. The van der Waals surface area contributed by atoms with Crippen LogP contribution in [-0.2, 0) is 4.74 Å². The highest BCUT2D eigenvalue weighted by Gasteiger charge is 2.42. The van der Waals surface area contributed by atoms with Gasteiger partial charge < -0.3 is 19.8 Å². The van der Waals surface area contributed by atoms with E-state index in [1.54, 1.807) is 4.90 Å². The molecule has 1 amide bonds. The topological polar surface area (TPSA) is 93.8 Å². The zero-order valence-electron chi connectivity index (χ0n) is 12.6. The van der Waals surface area contributed by atoms with E-state index in [0.717, 1.165) is 0 Å². The van der Waals surface area contributed by atoms with Gasteiger partial charge in [-0.15, -0.1) is 0 Å². The molecule has 1 aliphatic rings. The number of aliphatic hydroxyl groups excluding tert-OH is 1. The lowest BCUT2D eigenvalue weighted by Gasteiger charge is -2.42. The largest absolute Gasteiger partial charge is 0.444 e. The molecule has 6 heteroatoms. The second kappa shape index (κ2) is 5.98. The van der Waals surface area contributed by atoms with E-state index in [1.807, 2.05) is 33.8 Å². The first-order chi connectivity index (χ1) is 9.09. The highest BCUT2D eigenvalue weighted by atomic mass is 16.6. The Morgan fingerprint density at radius 2 is 1.85 bits per heavy atom. The van der Waals surface area contributed by atoms with E-state index in [4.69, 9.17) is 10.00 Å². The fraction of sp³-hybridized carbons (Fsp3) is 0.857. The number of carbonyl (C=O) groups excluding carboxylic acids is 1. The SMILES string of the molecule is CC(C)(C)OC(=O)N1CCC(C)(C(C#N)C(O)O)CC1. The first kappa shape index (κ1) is 16.7. The van der Waals surface area contributed by atoms with Gasteiger partial charge in [0.15, 0.2) is 6.29 Å². The Balaban J connectivity index is 2.64. The summed E-state index contributed by atoms with van der Waals surface area (Å²) in [6, 6.07) is 1.96. The highest BCUT2D eigenvalue weighted by Crippen LogP contribution is 2.39. The van der Waals surface area contributed by atoms with Gasteiger partial charge in [0.2, 0.25) is 0 Å². The molecule has 0 saturated carbocycles. The van der Waals surface area contributed by atoms with Gasteiger partial charge in [-0.25, -0.2) is 4.79 Å². The first-order valence-corrected chi connectivity index (χ1v) is 6.83. The second-order valence-corrected chi connectivity index (χ2v) is 6.64. The Morgan fingerprint density at radius 3 is 2.20 bits per heavy atom. The summed E-state index contributed by atoms with van der Waals surface area (Å²) in [6.45, 7) is 8.20. The van der Waals surface area contributed by atoms with E-state index in [1.165, 1.54) is 0 Å². The minimum absolute atomic E-state index is 0.363. The van der Waals surface area contributed by atoms with Crippen molar-refractivity contribution in [2.24, 2.45) is 11.3 Å². The van der Waals surface area contributed by atoms with Crippen LogP contribution < -0.4 is 0 Å². The number of nitriles is 1. The van der Waals surface area contributed by atoms with Crippen LogP contribution in [0.25, 0.3) is 0 Å². The molecule has 1 atom stereocenters. The van der Waals surface area contributed by atoms with Crippen LogP contribution in [0.5, 0.6) is 0 Å². The zero-order chi connectivity index (χ0) is 15.6. The molecule has 1 heterocycles. The molecule has 1 fully saturated rings. The Hall–Kier alpha value is -1.32. The summed E-state index contributed by atoms with van der Waals surface area (Å²) >= 11 is 0. The average molecular weight is 284 g/mol. The van der Waals surface area contributed by atoms with Gasteiger partial charge in [0.25, 0.3) is 0 Å². The van der Waals surface area contributed by atoms with Crippen molar-refractivity contribution in [3.05, 3.63) is 0 Å². The number of ether oxygens (including phenoxy) is 1. The standard InChI is InChI=1S/C14H24N2O4/c1-13(2,3)20-12(19)16-7-5-14(4,6-8-16)10(9-15)11(17)18/h10-11,17-18H,5-8H2,1-4H3. The fourth-order valence-corrected chi connectivity index (χ4v) is 2.42. The molecule has 6 nitrogen and oxygen atoms in total. The van der Waals surface area contributed by atoms with Crippen molar-refractivity contribution in [2.45, 2.75) is 52.4 Å². The van der Waals surface area contributed by atoms with E-state index in [2.05, 4.69) is 0 Å². The van der Waals surface area contributed by atoms with E-state index in [-0.39, 0.29) is 6.09 Å². The van der Waals surface area contributed by atoms with Crippen LogP contribution in [0.3, 0.4) is 0 Å². The van der Waals surface area contributed by atoms with Gasteiger partial charge in [-0.1, -0.05) is 6.92 Å². The number of likely N-dealkylation sites (tertiary alicyclic amines) is 1. The molecule has 2 N–H and O–H groups in total. The summed E-state index contributed by atoms with van der Waals surface area (Å²) in [4.78, 5) is 13.5. The maximum absolute atomic E-state index is 11.9. The minimum atomic E-state index is -1.65. The third-order valence-corrected chi connectivity index (χ3v) is 3.75. The quantitative estimate of drug-likeness (QED) is 0.749. The second-order valence-electron chi connectivity index (χ2n) is 6.64. The smallest absolute Gasteiger partial charge is 0.410 e. The number of aliphatic hydroxyl groups is 2. The van der Waals surface area contributed by atoms with Gasteiger partial charge in [-0.05, 0) is 39.0 Å². The van der Waals surface area contributed by atoms with Crippen LogP contribution in [0.4, 0.5) is 4.79 Å². The number of hydrogen-bond acceptors (Lipinski definition) is 5. The maximum atomic E-state index is 11.9. The van der Waals surface area contributed by atoms with Crippen molar-refractivity contribution in [2.75, 3.05) is 13.1 Å². The summed E-state index contributed by atoms with van der Waals surface area (Å²) < 4.78 is 5.30. The zero-order valence-corrected chi connectivity index (χ0v) is 12.6. The number of amides is 1. The van der Waals surface area contributed by atoms with E-state index < -0.39 is 23.2 Å². The fourth-order valence-electron chi connectivity index (χ4n) is 2.42. The van der Waals surface area contributed by atoms with E-state index in [9.17, 15) is 15.0 Å². The van der Waals surface area contributed by atoms with Crippen LogP contribution >= 0.6 is 0 Å². The number of piperidine rings is 1. The molecule has 0 aliphatic carbocycles. The van der Waals surface area contributed by atoms with Crippen molar-refractivity contribution >= 4 is 6.09 Å². The molecule has 20 heavy (non-hydrogen) atoms. The van der Waals surface area contributed by atoms with Gasteiger partial charge in [-0.2, -0.15) is 5.26 Å². The lowest BCUT2D eigenvalue weighted by atomic mass is 9.70. The average Bonchev–Trinajstić information content (AvgIpc) is 2.27. The molecule has 0 radical (unpaired) electrons. The lowest BCUT2D eigenvalue weighted by Crippen LogP contribution is -2.48. The molecule has 0 aromatic rings. The van der Waals surface area contributed by atoms with Crippen LogP contribution in [0, 0.1) is 22.7 Å². The van der Waals surface area contributed by atoms with E-state index in [0.29, 0.717) is 25.9 Å². The molecule has 0 aromatic carbocycles. The van der Waals surface area contributed by atoms with Crippen LogP contribution in [0.15, 0.2) is 0 Å². The number of carbonyl (C=O) groups is 1. The number of hydrogen-bond donors (Lipinski definition) is 2. The molecule has 114 valence electrons. The molecule has 1 unspecified atom stereocenters. The molecule has 0 bridgehead atoms. The summed E-state index contributed by atoms with van der Waals surface area (Å²) in [7, 11) is 0. The molecular weight excluding hydrogens is 260 g/mol. The van der Waals surface area contributed by atoms with Crippen molar-refractivity contribution in [1.82, 2.24) is 4.90 Å². The highest BCUT2D eigenvalue weighted by molar-refractivity contribution is 5.68. The molecule has 1 rings (SSSR count). The van der Waals surface area contributed by atoms with Gasteiger partial charge in [-0.3, -0.25) is 0 Å². The van der Waals surface area contributed by atoms with Crippen molar-refractivity contribution in [1.29, 1.82) is 5.26 Å². The maximum Gasteiger partial charge on any atom is 0.410 e. The molecular formula is C14H24N2O4. The van der Waals surface area contributed by atoms with Crippen molar-refractivity contribution in [3.8, 4) is 6.07 Å². The molecule has 0 aromatic heterocycles. The predicted octanol–water partition coefficient (Wildman–Crippen LogP) is 1.47. The van der Waals surface area contributed by atoms with Crippen LogP contribution in [0.1, 0.15) is 40.5 Å². The first-order valence-electron chi connectivity index (χ1n) is 6.83. The molecule has 1 aliphatic heterocycles. The third kappa shape index (κ3) is 4.09. The van der Waals surface area contributed by atoms with Gasteiger partial charge in [0.05, 0.1) is 6.07 Å². The van der Waals surface area contributed by atoms with Crippen molar-refractivity contribution < 1.29 is 19.7 Å². The monoisotopic (exact) mass is 284 g/mol. The molecule has 1 saturated heterocycles. The van der Waals surface area contributed by atoms with Crippen LogP contribution in [-0.4, -0.2) is 46.2 Å². The van der Waals surface area contributed by atoms with Crippen molar-refractivity contribution in [3.63, 3.8) is 0 Å². The molecule has 0 spiro atoms. The summed E-state index contributed by atoms with van der Waals surface area (Å²) in [5.74, 6) is -0.844. The van der Waals surface area contributed by atoms with Gasteiger partial charge in [0, 0.05) is 13.1 Å². The normalized spacial score (nSPS) is 20.4. The Kier molecular flexibility index (Phi) is 5.00. The minimum Gasteiger partial charge on any atom is -0.444 e. The van der Waals surface area contributed by atoms with Crippen LogP contribution in [0.2, 0.25) is 0 Å². The Morgan fingerprint density at radius 1 is 1.35 bits per heavy atom. The Labute approximate surface area is 119 Å². The van der Waals surface area contributed by atoms with Gasteiger partial charge in [0.1, 0.15) is 11.5 Å². The summed E-state index contributed by atoms with van der Waals surface area (Å²) in [5.41, 5.74) is -1.03. The Bertz CT molecular complexity index is 387. The summed E-state index contributed by atoms with van der Waals surface area (Å²) in [5, 5.41) is 27.6. The number of rotatable bonds is 2. The third-order valence-electron chi connectivity index (χ3n) is 3.75. The van der Waals surface area contributed by atoms with E-state index >= 15 is 0 Å².